The highest BCUT2D eigenvalue weighted by molar-refractivity contribution is 9.11. The van der Waals surface area contributed by atoms with Gasteiger partial charge in [-0.15, -0.1) is 0 Å². The van der Waals surface area contributed by atoms with Crippen LogP contribution < -0.4 is 4.74 Å². The molecule has 0 spiro atoms. The predicted molar refractivity (Wildman–Crippen MR) is 158 cm³/mol. The second kappa shape index (κ2) is 9.32. The van der Waals surface area contributed by atoms with Crippen molar-refractivity contribution in [2.24, 2.45) is 28.6 Å². The van der Waals surface area contributed by atoms with Gasteiger partial charge in [-0.3, -0.25) is 9.59 Å². The molecule has 212 valence electrons. The van der Waals surface area contributed by atoms with Crippen molar-refractivity contribution in [3.05, 3.63) is 63.1 Å². The van der Waals surface area contributed by atoms with Gasteiger partial charge in [0.15, 0.2) is 11.5 Å². The van der Waals surface area contributed by atoms with Gasteiger partial charge in [-0.25, -0.2) is 4.39 Å². The van der Waals surface area contributed by atoms with Crippen LogP contribution in [-0.2, 0) is 9.59 Å². The Bertz CT molecular complexity index is 1500. The van der Waals surface area contributed by atoms with Crippen LogP contribution in [0.15, 0.2) is 63.1 Å². The van der Waals surface area contributed by atoms with Crippen molar-refractivity contribution in [2.75, 3.05) is 6.61 Å². The van der Waals surface area contributed by atoms with Gasteiger partial charge in [0, 0.05) is 21.2 Å². The summed E-state index contributed by atoms with van der Waals surface area (Å²) in [6.07, 6.45) is 4.51. The first-order valence-electron chi connectivity index (χ1n) is 13.8. The van der Waals surface area contributed by atoms with E-state index in [1.54, 1.807) is 19.1 Å². The maximum Gasteiger partial charge on any atom is 0.202 e. The molecule has 6 rings (SSSR count). The molecule has 0 bridgehead atoms. The van der Waals surface area contributed by atoms with Crippen molar-refractivity contribution in [3.8, 4) is 5.75 Å². The number of hydrogen-bond acceptors (Lipinski definition) is 5. The molecule has 0 saturated heterocycles. The minimum atomic E-state index is -2.01. The number of carbonyl (C=O) groups is 2. The second-order valence-corrected chi connectivity index (χ2v) is 14.3. The van der Waals surface area contributed by atoms with Crippen molar-refractivity contribution in [1.29, 1.82) is 0 Å². The third kappa shape index (κ3) is 3.61. The van der Waals surface area contributed by atoms with Gasteiger partial charge in [-0.1, -0.05) is 53.6 Å². The summed E-state index contributed by atoms with van der Waals surface area (Å²) < 4.78 is 25.0. The number of halogens is 3. The molecular formula is C32H33Br2FO5. The first kappa shape index (κ1) is 28.3. The van der Waals surface area contributed by atoms with E-state index < -0.39 is 45.8 Å². The molecule has 8 heteroatoms. The SMILES string of the molecule is C[C@@H]1CC2C3CCC4=CC(=O)C=CC4(C)[C@@]3(F)[C@@H](O)CC2(C)[C@@]1(O)C(=O)COc1ccc2cc(Br)ccc2c1Br. The zero-order chi connectivity index (χ0) is 28.8. The smallest absolute Gasteiger partial charge is 0.202 e. The number of carbonyl (C=O) groups excluding carboxylic acids is 2. The maximum atomic E-state index is 17.4. The van der Waals surface area contributed by atoms with Crippen molar-refractivity contribution in [1.82, 2.24) is 0 Å². The molecule has 40 heavy (non-hydrogen) atoms. The van der Waals surface area contributed by atoms with Gasteiger partial charge in [-0.2, -0.15) is 0 Å². The number of Topliss-reactive ketones (excluding diaryl/α,β-unsaturated/α-hetero) is 1. The van der Waals surface area contributed by atoms with Gasteiger partial charge in [0.05, 0.1) is 10.6 Å². The van der Waals surface area contributed by atoms with E-state index in [0.717, 1.165) is 19.7 Å². The minimum Gasteiger partial charge on any atom is -0.485 e. The number of allylic oxidation sites excluding steroid dienone is 4. The highest BCUT2D eigenvalue weighted by atomic mass is 79.9. The van der Waals surface area contributed by atoms with Gasteiger partial charge in [-0.05, 0) is 101 Å². The van der Waals surface area contributed by atoms with E-state index in [0.29, 0.717) is 30.6 Å². The molecule has 0 radical (unpaired) electrons. The molecule has 0 aromatic heterocycles. The Labute approximate surface area is 250 Å². The monoisotopic (exact) mass is 674 g/mol. The molecule has 2 N–H and O–H groups in total. The average Bonchev–Trinajstić information content (AvgIpc) is 3.10. The summed E-state index contributed by atoms with van der Waals surface area (Å²) in [5.41, 5.74) is -5.23. The van der Waals surface area contributed by atoms with Gasteiger partial charge in [0.25, 0.3) is 0 Å². The van der Waals surface area contributed by atoms with Crippen molar-refractivity contribution < 1.29 is 28.9 Å². The second-order valence-electron chi connectivity index (χ2n) is 12.6. The minimum absolute atomic E-state index is 0.0591. The van der Waals surface area contributed by atoms with Crippen LogP contribution >= 0.6 is 31.9 Å². The van der Waals surface area contributed by atoms with E-state index in [-0.39, 0.29) is 24.7 Å². The van der Waals surface area contributed by atoms with Crippen LogP contribution in [0.1, 0.15) is 46.5 Å². The fourth-order valence-corrected chi connectivity index (χ4v) is 9.73. The number of ether oxygens (including phenoxy) is 1. The molecule has 0 heterocycles. The Morgan fingerprint density at radius 3 is 2.67 bits per heavy atom. The molecule has 8 atom stereocenters. The Kier molecular flexibility index (Phi) is 6.58. The third-order valence-electron chi connectivity index (χ3n) is 10.9. The normalized spacial score (nSPS) is 40.3. The van der Waals surface area contributed by atoms with Crippen LogP contribution in [0.4, 0.5) is 4.39 Å². The third-order valence-corrected chi connectivity index (χ3v) is 12.2. The largest absolute Gasteiger partial charge is 0.485 e. The first-order chi connectivity index (χ1) is 18.8. The Morgan fingerprint density at radius 2 is 1.93 bits per heavy atom. The lowest BCUT2D eigenvalue weighted by Crippen LogP contribution is -2.69. The molecule has 0 amide bonds. The highest BCUT2D eigenvalue weighted by Gasteiger charge is 2.75. The molecule has 2 aromatic carbocycles. The topological polar surface area (TPSA) is 83.8 Å². The van der Waals surface area contributed by atoms with Gasteiger partial charge in [0.2, 0.25) is 5.78 Å². The number of fused-ring (bicyclic) bond motifs is 6. The molecule has 3 saturated carbocycles. The lowest BCUT2D eigenvalue weighted by atomic mass is 9.44. The lowest BCUT2D eigenvalue weighted by Gasteiger charge is -2.62. The van der Waals surface area contributed by atoms with Crippen molar-refractivity contribution in [3.63, 3.8) is 0 Å². The molecule has 0 aliphatic heterocycles. The van der Waals surface area contributed by atoms with E-state index >= 15 is 4.39 Å². The Morgan fingerprint density at radius 1 is 1.18 bits per heavy atom. The van der Waals surface area contributed by atoms with Crippen molar-refractivity contribution >= 4 is 54.2 Å². The predicted octanol–water partition coefficient (Wildman–Crippen LogP) is 6.66. The van der Waals surface area contributed by atoms with Crippen LogP contribution in [-0.4, -0.2) is 45.8 Å². The number of aliphatic hydroxyl groups is 2. The van der Waals surface area contributed by atoms with Gasteiger partial charge in [0.1, 0.15) is 18.0 Å². The molecule has 2 aromatic rings. The summed E-state index contributed by atoms with van der Waals surface area (Å²) in [6, 6.07) is 9.57. The zero-order valence-corrected chi connectivity index (χ0v) is 25.9. The van der Waals surface area contributed by atoms with E-state index in [1.807, 2.05) is 38.1 Å². The zero-order valence-electron chi connectivity index (χ0n) is 22.7. The molecular weight excluding hydrogens is 643 g/mol. The van der Waals surface area contributed by atoms with E-state index in [1.165, 1.54) is 12.2 Å². The van der Waals surface area contributed by atoms with Gasteiger partial charge >= 0.3 is 0 Å². The number of aliphatic hydroxyl groups excluding tert-OH is 1. The summed E-state index contributed by atoms with van der Waals surface area (Å²) >= 11 is 7.08. The van der Waals surface area contributed by atoms with Gasteiger partial charge < -0.3 is 14.9 Å². The quantitative estimate of drug-likeness (QED) is 0.379. The number of hydrogen-bond donors (Lipinski definition) is 2. The summed E-state index contributed by atoms with van der Waals surface area (Å²) in [5.74, 6) is -1.47. The maximum absolute atomic E-state index is 17.4. The number of benzene rings is 2. The van der Waals surface area contributed by atoms with E-state index in [2.05, 4.69) is 31.9 Å². The number of rotatable bonds is 4. The first-order valence-corrected chi connectivity index (χ1v) is 15.4. The molecule has 5 nitrogen and oxygen atoms in total. The van der Waals surface area contributed by atoms with E-state index in [9.17, 15) is 19.8 Å². The molecule has 4 aliphatic carbocycles. The molecule has 4 unspecified atom stereocenters. The number of alkyl halides is 1. The summed E-state index contributed by atoms with van der Waals surface area (Å²) in [6.45, 7) is 5.09. The van der Waals surface area contributed by atoms with Crippen molar-refractivity contribution in [2.45, 2.75) is 63.8 Å². The average molecular weight is 676 g/mol. The van der Waals surface area contributed by atoms with Crippen LogP contribution in [0.3, 0.4) is 0 Å². The summed E-state index contributed by atoms with van der Waals surface area (Å²) in [7, 11) is 0. The summed E-state index contributed by atoms with van der Waals surface area (Å²) in [5, 5.41) is 25.7. The fraction of sp³-hybridized carbons (Fsp3) is 0.500. The summed E-state index contributed by atoms with van der Waals surface area (Å²) in [4.78, 5) is 25.9. The molecule has 4 aliphatic rings. The lowest BCUT2D eigenvalue weighted by molar-refractivity contribution is -0.219. The highest BCUT2D eigenvalue weighted by Crippen LogP contribution is 2.70. The standard InChI is InChI=1S/C32H33Br2FO5/c1-17-12-24-23-8-5-19-14-21(36)10-11-29(19,2)31(23,35)26(37)15-30(24,3)32(17,39)27(38)16-40-25-9-4-18-13-20(33)6-7-22(18)28(25)34/h4,6-7,9-11,13-14,17,23-24,26,37,39H,5,8,12,15-16H2,1-3H3/t17-,23?,24?,26+,29?,30?,31+,32+/m1/s1. The fourth-order valence-electron chi connectivity index (χ4n) is 8.75. The Hall–Kier alpha value is -1.87. The Balaban J connectivity index is 1.30. The van der Waals surface area contributed by atoms with Crippen LogP contribution in [0, 0.1) is 28.6 Å². The van der Waals surface area contributed by atoms with Crippen LogP contribution in [0.25, 0.3) is 10.8 Å². The molecule has 3 fully saturated rings. The van der Waals surface area contributed by atoms with Crippen LogP contribution in [0.5, 0.6) is 5.75 Å². The number of ketones is 2. The van der Waals surface area contributed by atoms with E-state index in [4.69, 9.17) is 4.74 Å². The van der Waals surface area contributed by atoms with Crippen LogP contribution in [0.2, 0.25) is 0 Å².